The Labute approximate surface area is 99.4 Å². The van der Waals surface area contributed by atoms with E-state index in [9.17, 15) is 15.2 Å². The van der Waals surface area contributed by atoms with E-state index in [0.717, 1.165) is 12.8 Å². The lowest BCUT2D eigenvalue weighted by molar-refractivity contribution is -0.384. The third-order valence-electron chi connectivity index (χ3n) is 2.95. The molecular formula is C13H13NO3. The predicted octanol–water partition coefficient (Wildman–Crippen LogP) is 2.25. The molecular weight excluding hydrogens is 218 g/mol. The van der Waals surface area contributed by atoms with Gasteiger partial charge >= 0.3 is 0 Å². The number of benzene rings is 1. The Hall–Kier alpha value is -1.86. The van der Waals surface area contributed by atoms with Gasteiger partial charge < -0.3 is 5.11 Å². The van der Waals surface area contributed by atoms with E-state index in [1.807, 2.05) is 0 Å². The van der Waals surface area contributed by atoms with Gasteiger partial charge in [0.1, 0.15) is 5.60 Å². The van der Waals surface area contributed by atoms with Gasteiger partial charge in [-0.3, -0.25) is 10.1 Å². The maximum absolute atomic E-state index is 10.5. The summed E-state index contributed by atoms with van der Waals surface area (Å²) in [6.45, 7) is 0. The highest BCUT2D eigenvalue weighted by Crippen LogP contribution is 2.28. The minimum Gasteiger partial charge on any atom is -0.378 e. The third-order valence-corrected chi connectivity index (χ3v) is 2.95. The molecule has 1 saturated carbocycles. The number of nitro groups is 1. The summed E-state index contributed by atoms with van der Waals surface area (Å²) >= 11 is 0. The van der Waals surface area contributed by atoms with Gasteiger partial charge in [-0.25, -0.2) is 0 Å². The molecule has 0 amide bonds. The van der Waals surface area contributed by atoms with Crippen molar-refractivity contribution in [2.24, 2.45) is 0 Å². The van der Waals surface area contributed by atoms with Crippen LogP contribution < -0.4 is 0 Å². The van der Waals surface area contributed by atoms with Crippen molar-refractivity contribution in [2.45, 2.75) is 31.3 Å². The molecule has 1 aromatic rings. The van der Waals surface area contributed by atoms with Crippen molar-refractivity contribution in [3.63, 3.8) is 0 Å². The number of hydrogen-bond donors (Lipinski definition) is 1. The van der Waals surface area contributed by atoms with Crippen LogP contribution in [0, 0.1) is 22.0 Å². The van der Waals surface area contributed by atoms with E-state index in [1.165, 1.54) is 12.1 Å². The van der Waals surface area contributed by atoms with Crippen molar-refractivity contribution in [3.05, 3.63) is 39.9 Å². The van der Waals surface area contributed by atoms with Crippen LogP contribution in [0.15, 0.2) is 24.3 Å². The van der Waals surface area contributed by atoms with E-state index in [0.29, 0.717) is 18.4 Å². The highest BCUT2D eigenvalue weighted by Gasteiger charge is 2.28. The maximum atomic E-state index is 10.5. The molecule has 0 unspecified atom stereocenters. The van der Waals surface area contributed by atoms with Gasteiger partial charge in [-0.15, -0.1) is 0 Å². The van der Waals surface area contributed by atoms with Crippen molar-refractivity contribution in [1.82, 2.24) is 0 Å². The van der Waals surface area contributed by atoms with E-state index in [-0.39, 0.29) is 5.69 Å². The molecule has 17 heavy (non-hydrogen) atoms. The largest absolute Gasteiger partial charge is 0.378 e. The highest BCUT2D eigenvalue weighted by molar-refractivity contribution is 5.42. The predicted molar refractivity (Wildman–Crippen MR) is 63.4 cm³/mol. The van der Waals surface area contributed by atoms with Gasteiger partial charge in [0, 0.05) is 17.7 Å². The highest BCUT2D eigenvalue weighted by atomic mass is 16.6. The molecule has 1 aliphatic carbocycles. The van der Waals surface area contributed by atoms with E-state index in [1.54, 1.807) is 12.1 Å². The van der Waals surface area contributed by atoms with Crippen LogP contribution in [0.3, 0.4) is 0 Å². The first-order valence-electron chi connectivity index (χ1n) is 5.59. The number of hydrogen-bond acceptors (Lipinski definition) is 3. The lowest BCUT2D eigenvalue weighted by atomic mass is 10.0. The Morgan fingerprint density at radius 1 is 1.24 bits per heavy atom. The van der Waals surface area contributed by atoms with E-state index in [2.05, 4.69) is 11.8 Å². The second kappa shape index (κ2) is 4.56. The molecule has 0 spiro atoms. The average molecular weight is 231 g/mol. The standard InChI is InChI=1S/C13H13NO3/c15-13(8-1-2-9-13)10-7-11-3-5-12(6-4-11)14(16)17/h3-6,15H,1-2,8-9H2. The summed E-state index contributed by atoms with van der Waals surface area (Å²) in [7, 11) is 0. The van der Waals surface area contributed by atoms with Crippen LogP contribution in [0.25, 0.3) is 0 Å². The maximum Gasteiger partial charge on any atom is 0.269 e. The molecule has 1 N–H and O–H groups in total. The molecule has 4 nitrogen and oxygen atoms in total. The molecule has 1 fully saturated rings. The van der Waals surface area contributed by atoms with Crippen LogP contribution in [0.5, 0.6) is 0 Å². The summed E-state index contributed by atoms with van der Waals surface area (Å²) in [6, 6.07) is 6.04. The summed E-state index contributed by atoms with van der Waals surface area (Å²) in [4.78, 5) is 10.0. The van der Waals surface area contributed by atoms with Crippen molar-refractivity contribution >= 4 is 5.69 Å². The first-order chi connectivity index (χ1) is 8.09. The molecule has 0 heterocycles. The Balaban J connectivity index is 2.14. The second-order valence-corrected chi connectivity index (χ2v) is 4.29. The van der Waals surface area contributed by atoms with Crippen LogP contribution in [0.1, 0.15) is 31.2 Å². The smallest absolute Gasteiger partial charge is 0.269 e. The molecule has 0 saturated heterocycles. The minimum atomic E-state index is -0.859. The zero-order chi connectivity index (χ0) is 12.3. The van der Waals surface area contributed by atoms with Crippen molar-refractivity contribution in [3.8, 4) is 11.8 Å². The summed E-state index contributed by atoms with van der Waals surface area (Å²) in [5.74, 6) is 5.73. The third kappa shape index (κ3) is 2.83. The molecule has 0 aliphatic heterocycles. The molecule has 0 radical (unpaired) electrons. The molecule has 1 aromatic carbocycles. The number of rotatable bonds is 1. The topological polar surface area (TPSA) is 63.4 Å². The molecule has 4 heteroatoms. The van der Waals surface area contributed by atoms with Crippen molar-refractivity contribution < 1.29 is 10.0 Å². The van der Waals surface area contributed by atoms with Gasteiger partial charge in [0.05, 0.1) is 4.92 Å². The molecule has 88 valence electrons. The van der Waals surface area contributed by atoms with Gasteiger partial charge in [-0.1, -0.05) is 11.8 Å². The quantitative estimate of drug-likeness (QED) is 0.458. The Morgan fingerprint density at radius 3 is 2.35 bits per heavy atom. The fourth-order valence-corrected chi connectivity index (χ4v) is 1.94. The normalized spacial score (nSPS) is 17.2. The van der Waals surface area contributed by atoms with Crippen LogP contribution >= 0.6 is 0 Å². The van der Waals surface area contributed by atoms with Gasteiger partial charge in [-0.2, -0.15) is 0 Å². The van der Waals surface area contributed by atoms with Gasteiger partial charge in [0.25, 0.3) is 5.69 Å². The van der Waals surface area contributed by atoms with E-state index < -0.39 is 10.5 Å². The second-order valence-electron chi connectivity index (χ2n) is 4.29. The number of non-ortho nitro benzene ring substituents is 1. The number of nitro benzene ring substituents is 1. The number of aliphatic hydroxyl groups is 1. The molecule has 2 rings (SSSR count). The van der Waals surface area contributed by atoms with Crippen LogP contribution in [-0.4, -0.2) is 15.6 Å². The summed E-state index contributed by atoms with van der Waals surface area (Å²) < 4.78 is 0. The fourth-order valence-electron chi connectivity index (χ4n) is 1.94. The van der Waals surface area contributed by atoms with Gasteiger partial charge in [0.15, 0.2) is 0 Å². The summed E-state index contributed by atoms with van der Waals surface area (Å²) in [5.41, 5.74) is -0.118. The van der Waals surface area contributed by atoms with Crippen molar-refractivity contribution in [2.75, 3.05) is 0 Å². The minimum absolute atomic E-state index is 0.0510. The first kappa shape index (κ1) is 11.6. The van der Waals surface area contributed by atoms with Crippen LogP contribution in [0.2, 0.25) is 0 Å². The van der Waals surface area contributed by atoms with Gasteiger partial charge in [0.2, 0.25) is 0 Å². The SMILES string of the molecule is O=[N+]([O-])c1ccc(C#CC2(O)CCCC2)cc1. The van der Waals surface area contributed by atoms with Crippen molar-refractivity contribution in [1.29, 1.82) is 0 Å². The Morgan fingerprint density at radius 2 is 1.82 bits per heavy atom. The average Bonchev–Trinajstić information content (AvgIpc) is 2.75. The van der Waals surface area contributed by atoms with Crippen LogP contribution in [0.4, 0.5) is 5.69 Å². The summed E-state index contributed by atoms with van der Waals surface area (Å²) in [6.07, 6.45) is 3.44. The van der Waals surface area contributed by atoms with E-state index >= 15 is 0 Å². The van der Waals surface area contributed by atoms with Gasteiger partial charge in [-0.05, 0) is 37.8 Å². The Kier molecular flexibility index (Phi) is 3.12. The number of nitrogens with zero attached hydrogens (tertiary/aromatic N) is 1. The zero-order valence-electron chi connectivity index (χ0n) is 9.35. The van der Waals surface area contributed by atoms with Crippen LogP contribution in [-0.2, 0) is 0 Å². The molecule has 0 aromatic heterocycles. The fraction of sp³-hybridized carbons (Fsp3) is 0.385. The Bertz CT molecular complexity index is 476. The lowest BCUT2D eigenvalue weighted by Crippen LogP contribution is -2.20. The molecule has 0 atom stereocenters. The summed E-state index contributed by atoms with van der Waals surface area (Å²) in [5, 5.41) is 20.5. The molecule has 0 bridgehead atoms. The lowest BCUT2D eigenvalue weighted by Gasteiger charge is -2.12. The monoisotopic (exact) mass is 231 g/mol. The first-order valence-corrected chi connectivity index (χ1v) is 5.59. The zero-order valence-corrected chi connectivity index (χ0v) is 9.35. The van der Waals surface area contributed by atoms with E-state index in [4.69, 9.17) is 0 Å². The molecule has 1 aliphatic rings.